The van der Waals surface area contributed by atoms with Gasteiger partial charge in [0.2, 0.25) is 5.95 Å². The van der Waals surface area contributed by atoms with Gasteiger partial charge in [-0.2, -0.15) is 4.39 Å². The van der Waals surface area contributed by atoms with Crippen LogP contribution in [0, 0.1) is 5.95 Å². The normalized spacial score (nSPS) is 12.7. The second kappa shape index (κ2) is 6.32. The van der Waals surface area contributed by atoms with E-state index >= 15 is 0 Å². The Bertz CT molecular complexity index is 723. The standard InChI is InChI=1S/C17H19FN2O3/c1-11(13-8-6-5-7-9-13)20-10-19-15(18)14(20)16(22)23-17(3,4)12(2)21/h5-11H,1-4H3/t11-/m1/s1. The van der Waals surface area contributed by atoms with E-state index < -0.39 is 17.5 Å². The molecule has 122 valence electrons. The third-order valence-corrected chi connectivity index (χ3v) is 3.84. The van der Waals surface area contributed by atoms with Crippen molar-refractivity contribution in [3.05, 3.63) is 53.9 Å². The molecule has 0 aliphatic carbocycles. The van der Waals surface area contributed by atoms with Crippen LogP contribution in [0.15, 0.2) is 36.7 Å². The van der Waals surface area contributed by atoms with Crippen molar-refractivity contribution >= 4 is 11.8 Å². The zero-order valence-corrected chi connectivity index (χ0v) is 13.5. The van der Waals surface area contributed by atoms with Gasteiger partial charge >= 0.3 is 5.97 Å². The van der Waals surface area contributed by atoms with Crippen LogP contribution in [0.5, 0.6) is 0 Å². The maximum atomic E-state index is 14.0. The van der Waals surface area contributed by atoms with Gasteiger partial charge in [-0.05, 0) is 33.3 Å². The smallest absolute Gasteiger partial charge is 0.360 e. The zero-order valence-electron chi connectivity index (χ0n) is 13.5. The van der Waals surface area contributed by atoms with E-state index in [-0.39, 0.29) is 17.5 Å². The molecule has 0 saturated heterocycles. The molecule has 1 heterocycles. The summed E-state index contributed by atoms with van der Waals surface area (Å²) >= 11 is 0. The largest absolute Gasteiger partial charge is 0.447 e. The van der Waals surface area contributed by atoms with Gasteiger partial charge < -0.3 is 9.30 Å². The highest BCUT2D eigenvalue weighted by Gasteiger charge is 2.32. The zero-order chi connectivity index (χ0) is 17.2. The lowest BCUT2D eigenvalue weighted by Crippen LogP contribution is -2.36. The van der Waals surface area contributed by atoms with Crippen molar-refractivity contribution in [1.29, 1.82) is 0 Å². The second-order valence-electron chi connectivity index (χ2n) is 5.83. The van der Waals surface area contributed by atoms with Gasteiger partial charge in [0, 0.05) is 0 Å². The first-order chi connectivity index (χ1) is 10.7. The summed E-state index contributed by atoms with van der Waals surface area (Å²) in [4.78, 5) is 27.4. The van der Waals surface area contributed by atoms with Gasteiger partial charge in [-0.1, -0.05) is 30.3 Å². The molecule has 0 saturated carbocycles. The number of carbonyl (C=O) groups excluding carboxylic acids is 2. The van der Waals surface area contributed by atoms with E-state index in [9.17, 15) is 14.0 Å². The Hall–Kier alpha value is -2.50. The fourth-order valence-corrected chi connectivity index (χ4v) is 2.07. The fourth-order valence-electron chi connectivity index (χ4n) is 2.07. The number of imidazole rings is 1. The van der Waals surface area contributed by atoms with Crippen LogP contribution < -0.4 is 0 Å². The summed E-state index contributed by atoms with van der Waals surface area (Å²) in [6.45, 7) is 6.07. The molecule has 0 amide bonds. The number of aromatic nitrogens is 2. The van der Waals surface area contributed by atoms with Crippen LogP contribution in [-0.2, 0) is 9.53 Å². The number of esters is 1. The number of ether oxygens (including phenoxy) is 1. The summed E-state index contributed by atoms with van der Waals surface area (Å²) in [6.07, 6.45) is 1.25. The molecule has 0 aliphatic rings. The average molecular weight is 318 g/mol. The number of halogens is 1. The summed E-state index contributed by atoms with van der Waals surface area (Å²) in [5.41, 5.74) is -0.727. The summed E-state index contributed by atoms with van der Waals surface area (Å²) in [5.74, 6) is -2.16. The number of hydrogen-bond donors (Lipinski definition) is 0. The van der Waals surface area contributed by atoms with Crippen molar-refractivity contribution in [3.63, 3.8) is 0 Å². The van der Waals surface area contributed by atoms with Gasteiger partial charge in [0.15, 0.2) is 17.1 Å². The van der Waals surface area contributed by atoms with Gasteiger partial charge in [-0.3, -0.25) is 4.79 Å². The topological polar surface area (TPSA) is 61.2 Å². The molecule has 0 radical (unpaired) electrons. The Kier molecular flexibility index (Phi) is 4.63. The molecule has 1 aromatic heterocycles. The summed E-state index contributed by atoms with van der Waals surface area (Å²) in [6, 6.07) is 9.02. The molecule has 0 spiro atoms. The molecular formula is C17H19FN2O3. The van der Waals surface area contributed by atoms with Crippen LogP contribution in [0.2, 0.25) is 0 Å². The third kappa shape index (κ3) is 3.47. The van der Waals surface area contributed by atoms with E-state index in [4.69, 9.17) is 4.74 Å². The van der Waals surface area contributed by atoms with Crippen LogP contribution in [0.4, 0.5) is 4.39 Å². The second-order valence-corrected chi connectivity index (χ2v) is 5.83. The van der Waals surface area contributed by atoms with Crippen LogP contribution in [-0.4, -0.2) is 26.9 Å². The molecule has 1 aromatic carbocycles. The fraction of sp³-hybridized carbons (Fsp3) is 0.353. The van der Waals surface area contributed by atoms with E-state index in [2.05, 4.69) is 4.98 Å². The van der Waals surface area contributed by atoms with Crippen molar-refractivity contribution in [2.24, 2.45) is 0 Å². The van der Waals surface area contributed by atoms with E-state index in [0.29, 0.717) is 0 Å². The number of Topliss-reactive ketones (excluding diaryl/α,β-unsaturated/α-hetero) is 1. The molecule has 0 bridgehead atoms. The molecule has 1 atom stereocenters. The summed E-state index contributed by atoms with van der Waals surface area (Å²) < 4.78 is 20.6. The Labute approximate surface area is 134 Å². The summed E-state index contributed by atoms with van der Waals surface area (Å²) in [5, 5.41) is 0. The highest BCUT2D eigenvalue weighted by molar-refractivity contribution is 5.92. The number of hydrogen-bond acceptors (Lipinski definition) is 4. The quantitative estimate of drug-likeness (QED) is 0.795. The van der Waals surface area contributed by atoms with Crippen LogP contribution >= 0.6 is 0 Å². The predicted octanol–water partition coefficient (Wildman–Crippen LogP) is 3.16. The Morgan fingerprint density at radius 2 is 1.87 bits per heavy atom. The Morgan fingerprint density at radius 3 is 2.43 bits per heavy atom. The maximum Gasteiger partial charge on any atom is 0.360 e. The van der Waals surface area contributed by atoms with Crippen molar-refractivity contribution in [2.45, 2.75) is 39.3 Å². The van der Waals surface area contributed by atoms with Gasteiger partial charge in [-0.15, -0.1) is 0 Å². The predicted molar refractivity (Wildman–Crippen MR) is 82.6 cm³/mol. The van der Waals surface area contributed by atoms with Crippen molar-refractivity contribution < 1.29 is 18.7 Å². The van der Waals surface area contributed by atoms with Crippen LogP contribution in [0.3, 0.4) is 0 Å². The molecule has 2 rings (SSSR count). The van der Waals surface area contributed by atoms with Gasteiger partial charge in [0.05, 0.1) is 12.4 Å². The van der Waals surface area contributed by atoms with Crippen LogP contribution in [0.1, 0.15) is 49.8 Å². The van der Waals surface area contributed by atoms with E-state index in [1.54, 1.807) is 0 Å². The lowest BCUT2D eigenvalue weighted by Gasteiger charge is -2.23. The first-order valence-electron chi connectivity index (χ1n) is 7.25. The highest BCUT2D eigenvalue weighted by atomic mass is 19.1. The van der Waals surface area contributed by atoms with E-state index in [0.717, 1.165) is 5.56 Å². The minimum Gasteiger partial charge on any atom is -0.447 e. The molecule has 0 aliphatic heterocycles. The molecule has 2 aromatic rings. The minimum absolute atomic E-state index is 0.296. The number of ketones is 1. The van der Waals surface area contributed by atoms with Crippen molar-refractivity contribution in [2.75, 3.05) is 0 Å². The molecule has 23 heavy (non-hydrogen) atoms. The molecule has 0 unspecified atom stereocenters. The van der Waals surface area contributed by atoms with Gasteiger partial charge in [-0.25, -0.2) is 9.78 Å². The first-order valence-corrected chi connectivity index (χ1v) is 7.25. The van der Waals surface area contributed by atoms with Crippen molar-refractivity contribution in [1.82, 2.24) is 9.55 Å². The van der Waals surface area contributed by atoms with Gasteiger partial charge in [0.1, 0.15) is 0 Å². The Morgan fingerprint density at radius 1 is 1.26 bits per heavy atom. The molecule has 6 heteroatoms. The van der Waals surface area contributed by atoms with Crippen molar-refractivity contribution in [3.8, 4) is 0 Å². The maximum absolute atomic E-state index is 14.0. The molecule has 5 nitrogen and oxygen atoms in total. The highest BCUT2D eigenvalue weighted by Crippen LogP contribution is 2.23. The molecule has 0 N–H and O–H groups in total. The number of nitrogens with zero attached hydrogens (tertiary/aromatic N) is 2. The van der Waals surface area contributed by atoms with Gasteiger partial charge in [0.25, 0.3) is 0 Å². The molecular weight excluding hydrogens is 299 g/mol. The molecule has 0 fully saturated rings. The minimum atomic E-state index is -1.32. The van der Waals surface area contributed by atoms with E-state index in [1.807, 2.05) is 37.3 Å². The van der Waals surface area contributed by atoms with E-state index in [1.165, 1.54) is 31.7 Å². The monoisotopic (exact) mass is 318 g/mol. The lowest BCUT2D eigenvalue weighted by molar-refractivity contribution is -0.132. The SMILES string of the molecule is CC(=O)C(C)(C)OC(=O)c1c(F)ncn1[C@H](C)c1ccccc1. The van der Waals surface area contributed by atoms with Crippen LogP contribution in [0.25, 0.3) is 0 Å². The Balaban J connectivity index is 2.36. The number of rotatable bonds is 5. The lowest BCUT2D eigenvalue weighted by atomic mass is 10.1. The summed E-state index contributed by atoms with van der Waals surface area (Å²) in [7, 11) is 0. The number of carbonyl (C=O) groups is 2. The average Bonchev–Trinajstić information content (AvgIpc) is 2.88. The third-order valence-electron chi connectivity index (χ3n) is 3.84. The first kappa shape index (κ1) is 16.9. The number of benzene rings is 1.